The fraction of sp³-hybridized carbons (Fsp3) is 0.222. The summed E-state index contributed by atoms with van der Waals surface area (Å²) >= 11 is 0. The first-order valence-electron chi connectivity index (χ1n) is 7.54. The smallest absolute Gasteiger partial charge is 0.344 e. The Labute approximate surface area is 145 Å². The number of carbonyl (C=O) groups excluding carboxylic acids is 1. The zero-order valence-electron chi connectivity index (χ0n) is 13.8. The van der Waals surface area contributed by atoms with Crippen molar-refractivity contribution in [2.24, 2.45) is 5.16 Å². The molecule has 1 N–H and O–H groups in total. The van der Waals surface area contributed by atoms with Crippen LogP contribution in [-0.4, -0.2) is 44.3 Å². The van der Waals surface area contributed by atoms with Crippen LogP contribution in [0.1, 0.15) is 5.56 Å². The van der Waals surface area contributed by atoms with E-state index in [9.17, 15) is 4.79 Å². The van der Waals surface area contributed by atoms with Crippen molar-refractivity contribution in [1.82, 2.24) is 0 Å². The maximum atomic E-state index is 11.6. The molecule has 2 aromatic rings. The normalized spacial score (nSPS) is 10.4. The number of hydrogen-bond acceptors (Lipinski definition) is 7. The number of esters is 1. The molecule has 7 nitrogen and oxygen atoms in total. The third kappa shape index (κ3) is 6.06. The highest BCUT2D eigenvalue weighted by molar-refractivity contribution is 5.80. The maximum Gasteiger partial charge on any atom is 0.344 e. The number of rotatable bonds is 9. The van der Waals surface area contributed by atoms with Crippen LogP contribution in [0.3, 0.4) is 0 Å². The van der Waals surface area contributed by atoms with Gasteiger partial charge in [-0.3, -0.25) is 0 Å². The number of para-hydroxylation sites is 1. The van der Waals surface area contributed by atoms with Gasteiger partial charge in [-0.15, -0.1) is 0 Å². The lowest BCUT2D eigenvalue weighted by atomic mass is 10.2. The summed E-state index contributed by atoms with van der Waals surface area (Å²) in [5.74, 6) is 1.10. The van der Waals surface area contributed by atoms with Gasteiger partial charge in [0, 0.05) is 5.56 Å². The fourth-order valence-electron chi connectivity index (χ4n) is 1.96. The first-order chi connectivity index (χ1) is 12.2. The standard InChI is InChI=1S/C18H19NO6/c1-22-17-11-14(12-19-21)7-8-16(17)23-9-10-24-18(20)13-25-15-5-3-2-4-6-15/h2-8,11-12,21H,9-10,13H2,1H3/b19-12+. The molecule has 0 saturated heterocycles. The summed E-state index contributed by atoms with van der Waals surface area (Å²) in [7, 11) is 1.50. The van der Waals surface area contributed by atoms with Crippen LogP contribution in [0.5, 0.6) is 17.2 Å². The van der Waals surface area contributed by atoms with E-state index < -0.39 is 5.97 Å². The van der Waals surface area contributed by atoms with Crippen molar-refractivity contribution in [2.45, 2.75) is 0 Å². The molecule has 7 heteroatoms. The Kier molecular flexibility index (Phi) is 7.12. The Morgan fingerprint density at radius 3 is 2.60 bits per heavy atom. The van der Waals surface area contributed by atoms with Gasteiger partial charge in [0.05, 0.1) is 13.3 Å². The van der Waals surface area contributed by atoms with Crippen LogP contribution in [0.2, 0.25) is 0 Å². The first-order valence-corrected chi connectivity index (χ1v) is 7.54. The zero-order chi connectivity index (χ0) is 17.9. The number of methoxy groups -OCH3 is 1. The van der Waals surface area contributed by atoms with Gasteiger partial charge in [-0.2, -0.15) is 0 Å². The molecule has 132 valence electrons. The molecule has 0 aliphatic carbocycles. The Hall–Kier alpha value is -3.22. The summed E-state index contributed by atoms with van der Waals surface area (Å²) in [6.07, 6.45) is 1.28. The molecule has 0 spiro atoms. The molecule has 0 aliphatic heterocycles. The van der Waals surface area contributed by atoms with Gasteiger partial charge in [0.15, 0.2) is 18.1 Å². The third-order valence-corrected chi connectivity index (χ3v) is 3.10. The molecular formula is C18H19NO6. The lowest BCUT2D eigenvalue weighted by molar-refractivity contribution is -0.146. The van der Waals surface area contributed by atoms with E-state index >= 15 is 0 Å². The van der Waals surface area contributed by atoms with E-state index in [1.165, 1.54) is 13.3 Å². The largest absolute Gasteiger partial charge is 0.493 e. The average molecular weight is 345 g/mol. The lowest BCUT2D eigenvalue weighted by Crippen LogP contribution is -2.18. The van der Waals surface area contributed by atoms with Crippen molar-refractivity contribution in [1.29, 1.82) is 0 Å². The molecule has 0 aromatic heterocycles. The van der Waals surface area contributed by atoms with E-state index in [0.29, 0.717) is 22.8 Å². The molecule has 25 heavy (non-hydrogen) atoms. The van der Waals surface area contributed by atoms with Gasteiger partial charge in [0.25, 0.3) is 0 Å². The summed E-state index contributed by atoms with van der Waals surface area (Å²) in [5, 5.41) is 11.5. The molecule has 0 amide bonds. The molecule has 0 saturated carbocycles. The third-order valence-electron chi connectivity index (χ3n) is 3.10. The Morgan fingerprint density at radius 2 is 1.88 bits per heavy atom. The van der Waals surface area contributed by atoms with Crippen LogP contribution >= 0.6 is 0 Å². The van der Waals surface area contributed by atoms with Gasteiger partial charge >= 0.3 is 5.97 Å². The molecule has 0 atom stereocenters. The number of oxime groups is 1. The highest BCUT2D eigenvalue weighted by atomic mass is 16.6. The number of benzene rings is 2. The highest BCUT2D eigenvalue weighted by Crippen LogP contribution is 2.27. The second-order valence-electron chi connectivity index (χ2n) is 4.83. The minimum absolute atomic E-state index is 0.0833. The second-order valence-corrected chi connectivity index (χ2v) is 4.83. The Bertz CT molecular complexity index is 702. The highest BCUT2D eigenvalue weighted by Gasteiger charge is 2.07. The average Bonchev–Trinajstić information content (AvgIpc) is 2.65. The molecule has 0 unspecified atom stereocenters. The molecule has 2 rings (SSSR count). The van der Waals surface area contributed by atoms with Crippen LogP contribution in [0.25, 0.3) is 0 Å². The van der Waals surface area contributed by atoms with E-state index in [1.807, 2.05) is 18.2 Å². The van der Waals surface area contributed by atoms with Crippen LogP contribution in [0, 0.1) is 0 Å². The van der Waals surface area contributed by atoms with E-state index in [1.54, 1.807) is 30.3 Å². The van der Waals surface area contributed by atoms with Gasteiger partial charge in [0.2, 0.25) is 0 Å². The summed E-state index contributed by atoms with van der Waals surface area (Å²) in [6.45, 7) is 0.0867. The van der Waals surface area contributed by atoms with Crippen LogP contribution in [0.15, 0.2) is 53.7 Å². The lowest BCUT2D eigenvalue weighted by Gasteiger charge is -2.11. The Balaban J connectivity index is 1.72. The van der Waals surface area contributed by atoms with E-state index in [2.05, 4.69) is 5.16 Å². The minimum atomic E-state index is -0.478. The number of nitrogens with zero attached hydrogens (tertiary/aromatic N) is 1. The van der Waals surface area contributed by atoms with Gasteiger partial charge < -0.3 is 24.2 Å². The summed E-state index contributed by atoms with van der Waals surface area (Å²) < 4.78 is 21.1. The minimum Gasteiger partial charge on any atom is -0.493 e. The van der Waals surface area contributed by atoms with Crippen LogP contribution < -0.4 is 14.2 Å². The van der Waals surface area contributed by atoms with E-state index in [0.717, 1.165) is 0 Å². The molecule has 0 radical (unpaired) electrons. The molecule has 0 heterocycles. The Morgan fingerprint density at radius 1 is 1.08 bits per heavy atom. The molecule has 2 aromatic carbocycles. The van der Waals surface area contributed by atoms with Gasteiger partial charge in [-0.1, -0.05) is 23.4 Å². The van der Waals surface area contributed by atoms with Crippen molar-refractivity contribution < 1.29 is 28.9 Å². The van der Waals surface area contributed by atoms with E-state index in [-0.39, 0.29) is 19.8 Å². The second kappa shape index (κ2) is 9.82. The summed E-state index contributed by atoms with van der Waals surface area (Å²) in [5.41, 5.74) is 0.663. The summed E-state index contributed by atoms with van der Waals surface area (Å²) in [4.78, 5) is 11.6. The monoisotopic (exact) mass is 345 g/mol. The summed E-state index contributed by atoms with van der Waals surface area (Å²) in [6, 6.07) is 14.1. The van der Waals surface area contributed by atoms with Gasteiger partial charge in [-0.05, 0) is 30.3 Å². The topological polar surface area (TPSA) is 86.6 Å². The maximum absolute atomic E-state index is 11.6. The predicted octanol–water partition coefficient (Wildman–Crippen LogP) is 2.50. The quantitative estimate of drug-likeness (QED) is 0.247. The van der Waals surface area contributed by atoms with Crippen LogP contribution in [0.4, 0.5) is 0 Å². The number of carbonyl (C=O) groups is 1. The van der Waals surface area contributed by atoms with Crippen LogP contribution in [-0.2, 0) is 9.53 Å². The van der Waals surface area contributed by atoms with Gasteiger partial charge in [0.1, 0.15) is 19.0 Å². The number of ether oxygens (including phenoxy) is 4. The zero-order valence-corrected chi connectivity index (χ0v) is 13.8. The molecular weight excluding hydrogens is 326 g/mol. The predicted molar refractivity (Wildman–Crippen MR) is 90.8 cm³/mol. The van der Waals surface area contributed by atoms with Gasteiger partial charge in [-0.25, -0.2) is 4.79 Å². The number of hydrogen-bond donors (Lipinski definition) is 1. The van der Waals surface area contributed by atoms with Crippen molar-refractivity contribution >= 4 is 12.2 Å². The SMILES string of the molecule is COc1cc(/C=N/O)ccc1OCCOC(=O)COc1ccccc1. The van der Waals surface area contributed by atoms with Crippen molar-refractivity contribution in [2.75, 3.05) is 26.9 Å². The van der Waals surface area contributed by atoms with Crippen molar-refractivity contribution in [3.63, 3.8) is 0 Å². The molecule has 0 fully saturated rings. The fourth-order valence-corrected chi connectivity index (χ4v) is 1.96. The van der Waals surface area contributed by atoms with E-state index in [4.69, 9.17) is 24.2 Å². The van der Waals surface area contributed by atoms with Crippen molar-refractivity contribution in [3.8, 4) is 17.2 Å². The molecule has 0 aliphatic rings. The molecule has 0 bridgehead atoms. The van der Waals surface area contributed by atoms with Crippen molar-refractivity contribution in [3.05, 3.63) is 54.1 Å². The first kappa shape index (κ1) is 18.1.